The van der Waals surface area contributed by atoms with Gasteiger partial charge in [-0.25, -0.2) is 0 Å². The van der Waals surface area contributed by atoms with Gasteiger partial charge in [-0.1, -0.05) is 15.9 Å². The van der Waals surface area contributed by atoms with Gasteiger partial charge < -0.3 is 15.0 Å². The second-order valence-electron chi connectivity index (χ2n) is 9.83. The van der Waals surface area contributed by atoms with E-state index in [0.717, 1.165) is 62.8 Å². The zero-order valence-electron chi connectivity index (χ0n) is 16.8. The zero-order chi connectivity index (χ0) is 19.4. The first kappa shape index (κ1) is 18.8. The summed E-state index contributed by atoms with van der Waals surface area (Å²) in [6.07, 6.45) is 9.24. The number of nitrogens with zero attached hydrogens (tertiary/aromatic N) is 1. The van der Waals surface area contributed by atoms with Gasteiger partial charge in [0.05, 0.1) is 12.5 Å². The molecule has 0 aromatic heterocycles. The number of rotatable bonds is 4. The Morgan fingerprint density at radius 3 is 2.32 bits per heavy atom. The number of hydrogen-bond donors (Lipinski definition) is 1. The molecular weight excluding hydrogens is 416 g/mol. The molecule has 4 aliphatic carbocycles. The smallest absolute Gasteiger partial charge is 0.226 e. The fourth-order valence-electron chi connectivity index (χ4n) is 6.83. The van der Waals surface area contributed by atoms with E-state index in [0.29, 0.717) is 11.9 Å². The molecule has 5 fully saturated rings. The molecule has 1 amide bonds. The van der Waals surface area contributed by atoms with Gasteiger partial charge in [0.15, 0.2) is 0 Å². The SMILES string of the molecule is COc1ccc(N2CCC(NC(=O)C34CC5CC(CC(Br)(C5)C3)C4)CC2)cc1. The van der Waals surface area contributed by atoms with Gasteiger partial charge in [-0.05, 0) is 87.5 Å². The third kappa shape index (κ3) is 3.34. The number of hydrogen-bond acceptors (Lipinski definition) is 3. The molecule has 4 bridgehead atoms. The number of halogens is 1. The van der Waals surface area contributed by atoms with Crippen molar-refractivity contribution in [2.75, 3.05) is 25.1 Å². The number of amides is 1. The maximum Gasteiger partial charge on any atom is 0.226 e. The first-order valence-electron chi connectivity index (χ1n) is 10.9. The van der Waals surface area contributed by atoms with Gasteiger partial charge in [-0.2, -0.15) is 0 Å². The van der Waals surface area contributed by atoms with Crippen molar-refractivity contribution in [1.82, 2.24) is 5.32 Å². The average molecular weight is 447 g/mol. The zero-order valence-corrected chi connectivity index (χ0v) is 18.3. The molecule has 0 radical (unpaired) electrons. The van der Waals surface area contributed by atoms with Crippen LogP contribution < -0.4 is 15.0 Å². The number of carbonyl (C=O) groups is 1. The van der Waals surface area contributed by atoms with E-state index in [1.54, 1.807) is 7.11 Å². The average Bonchev–Trinajstić information content (AvgIpc) is 2.67. The summed E-state index contributed by atoms with van der Waals surface area (Å²) in [6, 6.07) is 8.62. The van der Waals surface area contributed by atoms with Crippen LogP contribution in [0.1, 0.15) is 51.4 Å². The van der Waals surface area contributed by atoms with Crippen LogP contribution in [0.4, 0.5) is 5.69 Å². The molecule has 2 atom stereocenters. The summed E-state index contributed by atoms with van der Waals surface area (Å²) < 4.78 is 5.50. The second-order valence-corrected chi connectivity index (χ2v) is 11.5. The number of methoxy groups -OCH3 is 1. The molecule has 1 aromatic carbocycles. The van der Waals surface area contributed by atoms with Crippen LogP contribution in [0, 0.1) is 17.3 Å². The Morgan fingerprint density at radius 1 is 1.11 bits per heavy atom. The summed E-state index contributed by atoms with van der Waals surface area (Å²) in [5.74, 6) is 2.76. The molecule has 5 aliphatic rings. The van der Waals surface area contributed by atoms with Crippen molar-refractivity contribution in [3.8, 4) is 5.75 Å². The van der Waals surface area contributed by atoms with Gasteiger partial charge in [-0.15, -0.1) is 0 Å². The summed E-state index contributed by atoms with van der Waals surface area (Å²) in [5.41, 5.74) is 1.15. The van der Waals surface area contributed by atoms with Gasteiger partial charge in [-0.3, -0.25) is 4.79 Å². The maximum atomic E-state index is 13.4. The first-order chi connectivity index (χ1) is 13.5. The molecule has 4 nitrogen and oxygen atoms in total. The quantitative estimate of drug-likeness (QED) is 0.691. The molecule has 5 heteroatoms. The molecule has 1 aromatic rings. The summed E-state index contributed by atoms with van der Waals surface area (Å²) in [7, 11) is 1.70. The molecule has 1 aliphatic heterocycles. The highest BCUT2D eigenvalue weighted by atomic mass is 79.9. The predicted octanol–water partition coefficient (Wildman–Crippen LogP) is 4.51. The lowest BCUT2D eigenvalue weighted by Crippen LogP contribution is -2.59. The number of benzene rings is 1. The lowest BCUT2D eigenvalue weighted by atomic mass is 9.49. The fraction of sp³-hybridized carbons (Fsp3) is 0.696. The highest BCUT2D eigenvalue weighted by Gasteiger charge is 2.59. The number of carbonyl (C=O) groups excluding carboxylic acids is 1. The summed E-state index contributed by atoms with van der Waals surface area (Å²) in [5, 5.41) is 3.48. The van der Waals surface area contributed by atoms with Crippen LogP contribution in [0.2, 0.25) is 0 Å². The number of alkyl halides is 1. The molecule has 152 valence electrons. The van der Waals surface area contributed by atoms with Crippen molar-refractivity contribution in [2.24, 2.45) is 17.3 Å². The predicted molar refractivity (Wildman–Crippen MR) is 115 cm³/mol. The Kier molecular flexibility index (Phi) is 4.65. The van der Waals surface area contributed by atoms with Crippen molar-refractivity contribution < 1.29 is 9.53 Å². The van der Waals surface area contributed by atoms with Gasteiger partial charge in [0.2, 0.25) is 5.91 Å². The highest BCUT2D eigenvalue weighted by molar-refractivity contribution is 9.10. The van der Waals surface area contributed by atoms with Crippen molar-refractivity contribution in [3.05, 3.63) is 24.3 Å². The van der Waals surface area contributed by atoms with Gasteiger partial charge >= 0.3 is 0 Å². The molecule has 1 saturated heterocycles. The maximum absolute atomic E-state index is 13.4. The van der Waals surface area contributed by atoms with Gasteiger partial charge in [0.1, 0.15) is 5.75 Å². The van der Waals surface area contributed by atoms with Crippen molar-refractivity contribution in [3.63, 3.8) is 0 Å². The van der Waals surface area contributed by atoms with Crippen LogP contribution in [-0.4, -0.2) is 36.5 Å². The van der Waals surface area contributed by atoms with Crippen LogP contribution in [-0.2, 0) is 4.79 Å². The van der Waals surface area contributed by atoms with E-state index in [4.69, 9.17) is 4.74 Å². The second kappa shape index (κ2) is 6.93. The van der Waals surface area contributed by atoms with Crippen LogP contribution >= 0.6 is 15.9 Å². The van der Waals surface area contributed by atoms with Crippen LogP contribution in [0.5, 0.6) is 5.75 Å². The first-order valence-corrected chi connectivity index (χ1v) is 11.7. The van der Waals surface area contributed by atoms with Crippen LogP contribution in [0.25, 0.3) is 0 Å². The Balaban J connectivity index is 1.19. The van der Waals surface area contributed by atoms with Crippen LogP contribution in [0.3, 0.4) is 0 Å². The standard InChI is InChI=1S/C23H31BrN2O2/c1-28-20-4-2-19(3-5-20)26-8-6-18(7-9-26)25-21(27)22-11-16-10-17(12-22)14-23(24,13-16)15-22/h2-5,16-18H,6-15H2,1H3,(H,25,27). The van der Waals surface area contributed by atoms with Gasteiger partial charge in [0, 0.05) is 29.1 Å². The summed E-state index contributed by atoms with van der Waals surface area (Å²) in [4.78, 5) is 15.8. The molecule has 0 spiro atoms. The lowest BCUT2D eigenvalue weighted by Gasteiger charge is -2.59. The van der Waals surface area contributed by atoms with E-state index in [1.165, 1.54) is 24.9 Å². The third-order valence-electron chi connectivity index (χ3n) is 7.74. The molecule has 6 rings (SSSR count). The summed E-state index contributed by atoms with van der Waals surface area (Å²) >= 11 is 4.03. The Bertz CT molecular complexity index is 727. The van der Waals surface area contributed by atoms with E-state index in [2.05, 4.69) is 38.3 Å². The molecule has 1 N–H and O–H groups in total. The fourth-order valence-corrected chi connectivity index (χ4v) is 8.28. The number of anilines is 1. The molecule has 2 unspecified atom stereocenters. The Morgan fingerprint density at radius 2 is 1.75 bits per heavy atom. The third-order valence-corrected chi connectivity index (χ3v) is 8.67. The van der Waals surface area contributed by atoms with E-state index in [1.807, 2.05) is 12.1 Å². The molecule has 1 heterocycles. The Labute approximate surface area is 176 Å². The Hall–Kier alpha value is -1.23. The number of ether oxygens (including phenoxy) is 1. The minimum Gasteiger partial charge on any atom is -0.497 e. The minimum absolute atomic E-state index is 0.0965. The monoisotopic (exact) mass is 446 g/mol. The van der Waals surface area contributed by atoms with Crippen molar-refractivity contribution in [1.29, 1.82) is 0 Å². The summed E-state index contributed by atoms with van der Waals surface area (Å²) in [6.45, 7) is 2.00. The largest absolute Gasteiger partial charge is 0.497 e. The van der Waals surface area contributed by atoms with Crippen molar-refractivity contribution >= 4 is 27.5 Å². The van der Waals surface area contributed by atoms with E-state index < -0.39 is 0 Å². The van der Waals surface area contributed by atoms with Crippen molar-refractivity contribution in [2.45, 2.75) is 61.7 Å². The topological polar surface area (TPSA) is 41.6 Å². The van der Waals surface area contributed by atoms with Gasteiger partial charge in [0.25, 0.3) is 0 Å². The molecule has 4 saturated carbocycles. The highest BCUT2D eigenvalue weighted by Crippen LogP contribution is 2.64. The number of nitrogens with one attached hydrogen (secondary N) is 1. The van der Waals surface area contributed by atoms with E-state index >= 15 is 0 Å². The number of piperidine rings is 1. The normalized spacial score (nSPS) is 37.1. The van der Waals surface area contributed by atoms with Crippen LogP contribution in [0.15, 0.2) is 24.3 Å². The minimum atomic E-state index is -0.0965. The molecule has 28 heavy (non-hydrogen) atoms. The van der Waals surface area contributed by atoms with E-state index in [-0.39, 0.29) is 9.74 Å². The lowest BCUT2D eigenvalue weighted by molar-refractivity contribution is -0.145. The van der Waals surface area contributed by atoms with E-state index in [9.17, 15) is 4.79 Å². The molecular formula is C23H31BrN2O2.